The van der Waals surface area contributed by atoms with E-state index in [-0.39, 0.29) is 23.9 Å². The maximum atomic E-state index is 11.7. The van der Waals surface area contributed by atoms with Gasteiger partial charge in [0.2, 0.25) is 11.8 Å². The largest absolute Gasteiger partial charge is 0.350 e. The van der Waals surface area contributed by atoms with Crippen molar-refractivity contribution in [3.8, 4) is 0 Å². The molecule has 2 fully saturated rings. The van der Waals surface area contributed by atoms with Crippen molar-refractivity contribution in [3.63, 3.8) is 0 Å². The third kappa shape index (κ3) is 2.68. The zero-order valence-corrected chi connectivity index (χ0v) is 8.71. The van der Waals surface area contributed by atoms with Crippen LogP contribution in [0.25, 0.3) is 0 Å². The summed E-state index contributed by atoms with van der Waals surface area (Å²) in [6.45, 7) is 1.87. The van der Waals surface area contributed by atoms with E-state index in [9.17, 15) is 9.59 Å². The predicted octanol–water partition coefficient (Wildman–Crippen LogP) is -0.867. The molecule has 0 aromatic rings. The van der Waals surface area contributed by atoms with E-state index >= 15 is 0 Å². The zero-order valence-electron chi connectivity index (χ0n) is 8.71. The number of amides is 2. The fraction of sp³-hybridized carbons (Fsp3) is 0.800. The van der Waals surface area contributed by atoms with Gasteiger partial charge in [-0.05, 0) is 25.8 Å². The van der Waals surface area contributed by atoms with E-state index in [1.807, 2.05) is 0 Å². The number of hydrogen-bond acceptors (Lipinski definition) is 3. The molecule has 2 rings (SSSR count). The first kappa shape index (κ1) is 10.4. The Hall–Kier alpha value is -1.10. The van der Waals surface area contributed by atoms with E-state index in [0.29, 0.717) is 12.8 Å². The van der Waals surface area contributed by atoms with Crippen molar-refractivity contribution >= 4 is 11.8 Å². The van der Waals surface area contributed by atoms with Crippen LogP contribution in [0.3, 0.4) is 0 Å². The van der Waals surface area contributed by atoms with Gasteiger partial charge in [0.05, 0.1) is 0 Å². The Kier molecular flexibility index (Phi) is 3.20. The highest BCUT2D eigenvalue weighted by atomic mass is 16.2. The summed E-state index contributed by atoms with van der Waals surface area (Å²) < 4.78 is 0. The first-order valence-electron chi connectivity index (χ1n) is 5.56. The van der Waals surface area contributed by atoms with Crippen LogP contribution in [0.2, 0.25) is 0 Å². The molecule has 2 atom stereocenters. The summed E-state index contributed by atoms with van der Waals surface area (Å²) in [7, 11) is 0. The molecule has 2 unspecified atom stereocenters. The molecule has 0 radical (unpaired) electrons. The highest BCUT2D eigenvalue weighted by Gasteiger charge is 2.28. The van der Waals surface area contributed by atoms with Gasteiger partial charge in [0.1, 0.15) is 6.04 Å². The van der Waals surface area contributed by atoms with Crippen LogP contribution in [0.5, 0.6) is 0 Å². The van der Waals surface area contributed by atoms with Crippen molar-refractivity contribution in [2.24, 2.45) is 0 Å². The van der Waals surface area contributed by atoms with Gasteiger partial charge in [-0.1, -0.05) is 0 Å². The minimum absolute atomic E-state index is 0.0167. The molecule has 2 aliphatic heterocycles. The fourth-order valence-corrected chi connectivity index (χ4v) is 2.09. The lowest BCUT2D eigenvalue weighted by Crippen LogP contribution is -2.50. The molecule has 2 amide bonds. The average molecular weight is 211 g/mol. The van der Waals surface area contributed by atoms with Gasteiger partial charge < -0.3 is 16.0 Å². The molecule has 0 aliphatic carbocycles. The van der Waals surface area contributed by atoms with E-state index in [0.717, 1.165) is 25.9 Å². The third-order valence-electron chi connectivity index (χ3n) is 2.96. The van der Waals surface area contributed by atoms with Crippen molar-refractivity contribution in [2.45, 2.75) is 37.8 Å². The summed E-state index contributed by atoms with van der Waals surface area (Å²) in [6.07, 6.45) is 3.23. The maximum Gasteiger partial charge on any atom is 0.242 e. The van der Waals surface area contributed by atoms with E-state index in [1.165, 1.54) is 0 Å². The lowest BCUT2D eigenvalue weighted by Gasteiger charge is -2.25. The van der Waals surface area contributed by atoms with E-state index in [2.05, 4.69) is 16.0 Å². The van der Waals surface area contributed by atoms with Crippen LogP contribution in [0, 0.1) is 0 Å². The summed E-state index contributed by atoms with van der Waals surface area (Å²) in [5.41, 5.74) is 0. The number of piperidine rings is 1. The third-order valence-corrected chi connectivity index (χ3v) is 2.96. The van der Waals surface area contributed by atoms with Gasteiger partial charge >= 0.3 is 0 Å². The number of rotatable bonds is 2. The summed E-state index contributed by atoms with van der Waals surface area (Å²) in [6, 6.07) is -0.0804. The Morgan fingerprint density at radius 1 is 1.40 bits per heavy atom. The monoisotopic (exact) mass is 211 g/mol. The minimum atomic E-state index is -0.306. The first-order chi connectivity index (χ1) is 7.25. The number of nitrogens with one attached hydrogen (secondary N) is 3. The molecule has 15 heavy (non-hydrogen) atoms. The fourth-order valence-electron chi connectivity index (χ4n) is 2.09. The van der Waals surface area contributed by atoms with Crippen molar-refractivity contribution < 1.29 is 9.59 Å². The standard InChI is InChI=1S/C10H17N3O2/c14-9-4-3-8(13-9)10(15)12-7-2-1-5-11-6-7/h7-8,11H,1-6H2,(H,12,15)(H,13,14). The summed E-state index contributed by atoms with van der Waals surface area (Å²) in [4.78, 5) is 22.7. The van der Waals surface area contributed by atoms with Crippen LogP contribution < -0.4 is 16.0 Å². The van der Waals surface area contributed by atoms with Crippen LogP contribution in [0.4, 0.5) is 0 Å². The molecule has 5 heteroatoms. The summed E-state index contributed by atoms with van der Waals surface area (Å²) in [5.74, 6) is -0.0496. The molecule has 0 saturated carbocycles. The molecule has 3 N–H and O–H groups in total. The minimum Gasteiger partial charge on any atom is -0.350 e. The van der Waals surface area contributed by atoms with E-state index in [1.54, 1.807) is 0 Å². The number of carbonyl (C=O) groups is 2. The van der Waals surface area contributed by atoms with Gasteiger partial charge in [-0.2, -0.15) is 0 Å². The van der Waals surface area contributed by atoms with Crippen LogP contribution in [0.1, 0.15) is 25.7 Å². The Balaban J connectivity index is 1.78. The van der Waals surface area contributed by atoms with Gasteiger partial charge in [-0.15, -0.1) is 0 Å². The molecule has 84 valence electrons. The topological polar surface area (TPSA) is 70.2 Å². The lowest BCUT2D eigenvalue weighted by molar-refractivity contribution is -0.126. The zero-order chi connectivity index (χ0) is 10.7. The lowest BCUT2D eigenvalue weighted by atomic mass is 10.1. The Bertz CT molecular complexity index is 261. The molecule has 2 saturated heterocycles. The molecule has 0 bridgehead atoms. The Morgan fingerprint density at radius 2 is 2.27 bits per heavy atom. The van der Waals surface area contributed by atoms with E-state index in [4.69, 9.17) is 0 Å². The number of carbonyl (C=O) groups excluding carboxylic acids is 2. The van der Waals surface area contributed by atoms with Gasteiger partial charge in [-0.25, -0.2) is 0 Å². The second-order valence-corrected chi connectivity index (χ2v) is 4.21. The molecule has 2 heterocycles. The van der Waals surface area contributed by atoms with Gasteiger partial charge in [0.25, 0.3) is 0 Å². The van der Waals surface area contributed by atoms with Crippen LogP contribution in [-0.4, -0.2) is 37.0 Å². The maximum absolute atomic E-state index is 11.7. The van der Waals surface area contributed by atoms with Gasteiger partial charge in [0.15, 0.2) is 0 Å². The smallest absolute Gasteiger partial charge is 0.242 e. The number of hydrogen-bond donors (Lipinski definition) is 3. The molecular formula is C10H17N3O2. The van der Waals surface area contributed by atoms with Gasteiger partial charge in [0, 0.05) is 19.0 Å². The van der Waals surface area contributed by atoms with Crippen molar-refractivity contribution in [1.29, 1.82) is 0 Å². The van der Waals surface area contributed by atoms with Crippen molar-refractivity contribution in [2.75, 3.05) is 13.1 Å². The SMILES string of the molecule is O=C1CCC(C(=O)NC2CCCNC2)N1. The molecule has 0 aromatic heterocycles. The summed E-state index contributed by atoms with van der Waals surface area (Å²) >= 11 is 0. The molecule has 2 aliphatic rings. The van der Waals surface area contributed by atoms with E-state index < -0.39 is 0 Å². The second kappa shape index (κ2) is 4.61. The predicted molar refractivity (Wildman–Crippen MR) is 55.2 cm³/mol. The molecular weight excluding hydrogens is 194 g/mol. The average Bonchev–Trinajstić information content (AvgIpc) is 2.66. The van der Waals surface area contributed by atoms with Gasteiger partial charge in [-0.3, -0.25) is 9.59 Å². The van der Waals surface area contributed by atoms with Crippen molar-refractivity contribution in [3.05, 3.63) is 0 Å². The van der Waals surface area contributed by atoms with Crippen LogP contribution in [-0.2, 0) is 9.59 Å². The van der Waals surface area contributed by atoms with Crippen LogP contribution >= 0.6 is 0 Å². The normalized spacial score (nSPS) is 31.1. The summed E-state index contributed by atoms with van der Waals surface area (Å²) in [5, 5.41) is 8.87. The Labute approximate surface area is 89.0 Å². The molecule has 0 spiro atoms. The molecule has 0 aromatic carbocycles. The van der Waals surface area contributed by atoms with Crippen LogP contribution in [0.15, 0.2) is 0 Å². The Morgan fingerprint density at radius 3 is 2.87 bits per heavy atom. The quantitative estimate of drug-likeness (QED) is 0.556. The highest BCUT2D eigenvalue weighted by molar-refractivity contribution is 5.90. The molecule has 5 nitrogen and oxygen atoms in total. The first-order valence-corrected chi connectivity index (χ1v) is 5.56. The highest BCUT2D eigenvalue weighted by Crippen LogP contribution is 2.08. The second-order valence-electron chi connectivity index (χ2n) is 4.21. The van der Waals surface area contributed by atoms with Crippen molar-refractivity contribution in [1.82, 2.24) is 16.0 Å².